The molecule has 1 fully saturated rings. The molecule has 8 heteroatoms. The molecule has 0 spiro atoms. The van der Waals surface area contributed by atoms with Crippen LogP contribution in [0.2, 0.25) is 0 Å². The standard InChI is InChI=1S/C27H31F3N2O3/c1-17-20(13-32-14-22(15-32)26(33)31-2)7-6-19-11-23(8-9-24(17)19)35-16-21-5-4-18(10-25(21)34-3)12-27(28,29)30/h4-5,8-11,22H,6-7,12-16H2,1-3H3,(H,31,33). The van der Waals surface area contributed by atoms with Gasteiger partial charge in [0, 0.05) is 32.2 Å². The number of carbonyl (C=O) groups is 1. The maximum Gasteiger partial charge on any atom is 0.393 e. The lowest BCUT2D eigenvalue weighted by molar-refractivity contribution is -0.129. The van der Waals surface area contributed by atoms with Crippen LogP contribution in [0, 0.1) is 5.92 Å². The Hall–Kier alpha value is -3.00. The van der Waals surface area contributed by atoms with Crippen LogP contribution in [-0.2, 0) is 24.2 Å². The molecule has 2 aliphatic rings. The van der Waals surface area contributed by atoms with E-state index in [1.165, 1.54) is 41.5 Å². The van der Waals surface area contributed by atoms with E-state index in [-0.39, 0.29) is 24.0 Å². The summed E-state index contributed by atoms with van der Waals surface area (Å²) in [5.41, 5.74) is 5.99. The van der Waals surface area contributed by atoms with Crippen LogP contribution in [0.3, 0.4) is 0 Å². The predicted molar refractivity (Wildman–Crippen MR) is 128 cm³/mol. The summed E-state index contributed by atoms with van der Waals surface area (Å²) in [5, 5.41) is 2.72. The van der Waals surface area contributed by atoms with Crippen LogP contribution in [0.5, 0.6) is 11.5 Å². The highest BCUT2D eigenvalue weighted by Gasteiger charge is 2.33. The van der Waals surface area contributed by atoms with Gasteiger partial charge in [-0.1, -0.05) is 23.8 Å². The first-order valence-corrected chi connectivity index (χ1v) is 11.8. The predicted octanol–water partition coefficient (Wildman–Crippen LogP) is 4.78. The maximum absolute atomic E-state index is 12.7. The zero-order valence-electron chi connectivity index (χ0n) is 20.3. The number of fused-ring (bicyclic) bond motifs is 1. The van der Waals surface area contributed by atoms with Crippen LogP contribution >= 0.6 is 0 Å². The van der Waals surface area contributed by atoms with E-state index >= 15 is 0 Å². The Labute approximate surface area is 203 Å². The van der Waals surface area contributed by atoms with Crippen molar-refractivity contribution in [3.8, 4) is 11.5 Å². The number of methoxy groups -OCH3 is 1. The lowest BCUT2D eigenvalue weighted by Gasteiger charge is -2.39. The average molecular weight is 489 g/mol. The number of hydrogen-bond donors (Lipinski definition) is 1. The summed E-state index contributed by atoms with van der Waals surface area (Å²) < 4.78 is 49.3. The minimum Gasteiger partial charge on any atom is -0.496 e. The number of benzene rings is 2. The van der Waals surface area contributed by atoms with Gasteiger partial charge in [0.15, 0.2) is 0 Å². The number of alkyl halides is 3. The van der Waals surface area contributed by atoms with Gasteiger partial charge in [0.05, 0.1) is 19.4 Å². The van der Waals surface area contributed by atoms with E-state index in [0.29, 0.717) is 11.3 Å². The Morgan fingerprint density at radius 1 is 1.14 bits per heavy atom. The van der Waals surface area contributed by atoms with Gasteiger partial charge in [-0.15, -0.1) is 0 Å². The number of hydrogen-bond acceptors (Lipinski definition) is 4. The summed E-state index contributed by atoms with van der Waals surface area (Å²) in [7, 11) is 3.12. The molecule has 0 aromatic heterocycles. The monoisotopic (exact) mass is 488 g/mol. The molecule has 0 bridgehead atoms. The minimum absolute atomic E-state index is 0.0935. The second kappa shape index (κ2) is 10.3. The summed E-state index contributed by atoms with van der Waals surface area (Å²) in [5.74, 6) is 1.31. The van der Waals surface area contributed by atoms with E-state index in [9.17, 15) is 18.0 Å². The van der Waals surface area contributed by atoms with Crippen LogP contribution in [0.4, 0.5) is 13.2 Å². The van der Waals surface area contributed by atoms with Crippen molar-refractivity contribution >= 4 is 11.5 Å². The Kier molecular flexibility index (Phi) is 7.40. The van der Waals surface area contributed by atoms with E-state index in [2.05, 4.69) is 23.2 Å². The molecule has 2 aromatic carbocycles. The van der Waals surface area contributed by atoms with Crippen LogP contribution in [0.1, 0.15) is 35.6 Å². The molecule has 188 valence electrons. The molecule has 0 unspecified atom stereocenters. The largest absolute Gasteiger partial charge is 0.496 e. The molecule has 0 radical (unpaired) electrons. The number of halogens is 3. The van der Waals surface area contributed by atoms with Gasteiger partial charge in [0.25, 0.3) is 0 Å². The highest BCUT2D eigenvalue weighted by Crippen LogP contribution is 2.35. The fourth-order valence-electron chi connectivity index (χ4n) is 4.84. The molecule has 4 rings (SSSR count). The molecular weight excluding hydrogens is 457 g/mol. The second-order valence-electron chi connectivity index (χ2n) is 9.28. The van der Waals surface area contributed by atoms with Gasteiger partial charge in [-0.25, -0.2) is 0 Å². The lowest BCUT2D eigenvalue weighted by Crippen LogP contribution is -2.53. The summed E-state index contributed by atoms with van der Waals surface area (Å²) in [6, 6.07) is 10.6. The van der Waals surface area contributed by atoms with E-state index in [0.717, 1.165) is 38.2 Å². The van der Waals surface area contributed by atoms with E-state index in [4.69, 9.17) is 9.47 Å². The van der Waals surface area contributed by atoms with Crippen LogP contribution in [0.15, 0.2) is 42.0 Å². The number of nitrogens with one attached hydrogen (secondary N) is 1. The summed E-state index contributed by atoms with van der Waals surface area (Å²) >= 11 is 0. The number of carbonyl (C=O) groups excluding carboxylic acids is 1. The number of allylic oxidation sites excluding steroid dienone is 1. The molecule has 1 amide bonds. The van der Waals surface area contributed by atoms with Crippen molar-refractivity contribution in [2.75, 3.05) is 33.8 Å². The van der Waals surface area contributed by atoms with Gasteiger partial charge in [-0.3, -0.25) is 9.69 Å². The molecule has 2 aromatic rings. The average Bonchev–Trinajstić information content (AvgIpc) is 2.79. The summed E-state index contributed by atoms with van der Waals surface area (Å²) in [6.45, 7) is 4.85. The van der Waals surface area contributed by atoms with Gasteiger partial charge in [0.2, 0.25) is 5.91 Å². The molecule has 1 aliphatic heterocycles. The number of nitrogens with zero attached hydrogens (tertiary/aromatic N) is 1. The normalized spacial score (nSPS) is 16.5. The first-order valence-electron chi connectivity index (χ1n) is 11.8. The van der Waals surface area contributed by atoms with Gasteiger partial charge >= 0.3 is 6.18 Å². The first kappa shape index (κ1) is 25.1. The quantitative estimate of drug-likeness (QED) is 0.581. The van der Waals surface area contributed by atoms with Crippen LogP contribution in [-0.4, -0.2) is 50.8 Å². The van der Waals surface area contributed by atoms with Crippen LogP contribution < -0.4 is 14.8 Å². The van der Waals surface area contributed by atoms with Crippen molar-refractivity contribution in [1.29, 1.82) is 0 Å². The van der Waals surface area contributed by atoms with Crippen molar-refractivity contribution in [3.63, 3.8) is 0 Å². The number of ether oxygens (including phenoxy) is 2. The van der Waals surface area contributed by atoms with Crippen molar-refractivity contribution in [2.45, 2.75) is 39.0 Å². The molecule has 0 saturated carbocycles. The maximum atomic E-state index is 12.7. The molecule has 35 heavy (non-hydrogen) atoms. The number of rotatable bonds is 8. The zero-order chi connectivity index (χ0) is 25.2. The molecule has 1 saturated heterocycles. The number of amides is 1. The SMILES string of the molecule is CNC(=O)C1CN(CC2=C(C)c3ccc(OCc4ccc(CC(F)(F)F)cc4OC)cc3CC2)C1. The molecule has 1 N–H and O–H groups in total. The third-order valence-corrected chi connectivity index (χ3v) is 6.85. The topological polar surface area (TPSA) is 50.8 Å². The lowest BCUT2D eigenvalue weighted by atomic mass is 9.85. The van der Waals surface area contributed by atoms with Gasteiger partial charge in [0.1, 0.15) is 18.1 Å². The summed E-state index contributed by atoms with van der Waals surface area (Å²) in [4.78, 5) is 14.0. The smallest absolute Gasteiger partial charge is 0.393 e. The molecule has 0 atom stereocenters. The van der Waals surface area contributed by atoms with Gasteiger partial charge in [-0.2, -0.15) is 13.2 Å². The third kappa shape index (κ3) is 5.99. The first-order chi connectivity index (χ1) is 16.7. The van der Waals surface area contributed by atoms with E-state index < -0.39 is 12.6 Å². The Morgan fingerprint density at radius 2 is 1.91 bits per heavy atom. The minimum atomic E-state index is -4.26. The van der Waals surface area contributed by atoms with Crippen molar-refractivity contribution < 1.29 is 27.4 Å². The fraction of sp³-hybridized carbons (Fsp3) is 0.444. The third-order valence-electron chi connectivity index (χ3n) is 6.85. The van der Waals surface area contributed by atoms with E-state index in [1.54, 1.807) is 13.1 Å². The fourth-order valence-corrected chi connectivity index (χ4v) is 4.84. The van der Waals surface area contributed by atoms with Gasteiger partial charge in [-0.05, 0) is 60.2 Å². The number of aryl methyl sites for hydroxylation is 1. The van der Waals surface area contributed by atoms with Gasteiger partial charge < -0.3 is 14.8 Å². The number of likely N-dealkylation sites (tertiary alicyclic amines) is 1. The molecule has 5 nitrogen and oxygen atoms in total. The van der Waals surface area contributed by atoms with Crippen molar-refractivity contribution in [2.24, 2.45) is 5.92 Å². The van der Waals surface area contributed by atoms with E-state index in [1.807, 2.05) is 12.1 Å². The Bertz CT molecular complexity index is 1120. The molecule has 1 heterocycles. The Morgan fingerprint density at radius 3 is 2.60 bits per heavy atom. The van der Waals surface area contributed by atoms with Crippen LogP contribution in [0.25, 0.3) is 5.57 Å². The molecular formula is C27H31F3N2O3. The second-order valence-corrected chi connectivity index (χ2v) is 9.28. The Balaban J connectivity index is 1.39. The highest BCUT2D eigenvalue weighted by molar-refractivity contribution is 5.79. The molecule has 1 aliphatic carbocycles. The van der Waals surface area contributed by atoms with Crippen molar-refractivity contribution in [3.05, 3.63) is 64.2 Å². The summed E-state index contributed by atoms with van der Waals surface area (Å²) in [6.07, 6.45) is -3.36. The zero-order valence-corrected chi connectivity index (χ0v) is 20.3. The highest BCUT2D eigenvalue weighted by atomic mass is 19.4. The van der Waals surface area contributed by atoms with Crippen molar-refractivity contribution in [1.82, 2.24) is 10.2 Å².